The molecule has 2 heterocycles. The number of hydrogen-bond acceptors (Lipinski definition) is 3. The van der Waals surface area contributed by atoms with Gasteiger partial charge in [-0.1, -0.05) is 18.5 Å². The van der Waals surface area contributed by atoms with Crippen molar-refractivity contribution in [2.75, 3.05) is 0 Å². The molecule has 0 aromatic carbocycles. The molecule has 0 spiro atoms. The molecule has 0 aliphatic rings. The summed E-state index contributed by atoms with van der Waals surface area (Å²) < 4.78 is 1.85. The lowest BCUT2D eigenvalue weighted by Gasteiger charge is -2.09. The highest BCUT2D eigenvalue weighted by Gasteiger charge is 2.12. The van der Waals surface area contributed by atoms with E-state index < -0.39 is 0 Å². The minimum Gasteiger partial charge on any atom is -0.352 e. The summed E-state index contributed by atoms with van der Waals surface area (Å²) in [5.74, 6) is 0.749. The van der Waals surface area contributed by atoms with E-state index in [1.165, 1.54) is 0 Å². The monoisotopic (exact) mass is 252 g/mol. The van der Waals surface area contributed by atoms with Gasteiger partial charge in [0.25, 0.3) is 0 Å². The molecule has 2 aromatic heterocycles. The highest BCUT2D eigenvalue weighted by atomic mass is 35.5. The lowest BCUT2D eigenvalue weighted by atomic mass is 10.3. The van der Waals surface area contributed by atoms with Crippen LogP contribution in [0.1, 0.15) is 24.7 Å². The number of nitrogens with one attached hydrogen (secondary N) is 1. The van der Waals surface area contributed by atoms with Crippen LogP contribution in [-0.4, -0.2) is 20.3 Å². The zero-order chi connectivity index (χ0) is 12.4. The first-order chi connectivity index (χ1) is 8.13. The van der Waals surface area contributed by atoms with Gasteiger partial charge in [0.05, 0.1) is 5.56 Å². The quantitative estimate of drug-likeness (QED) is 0.847. The average molecular weight is 253 g/mol. The number of imidazole rings is 1. The fraction of sp³-hybridized carbons (Fsp3) is 0.364. The number of aryl methyl sites for hydroxylation is 1. The Morgan fingerprint density at radius 2 is 2.35 bits per heavy atom. The summed E-state index contributed by atoms with van der Waals surface area (Å²) in [6.45, 7) is 4.00. The second-order valence-corrected chi connectivity index (χ2v) is 4.04. The van der Waals surface area contributed by atoms with Gasteiger partial charge in [0.15, 0.2) is 0 Å². The zero-order valence-electron chi connectivity index (χ0n) is 9.70. The van der Waals surface area contributed by atoms with E-state index in [0.29, 0.717) is 18.1 Å². The summed E-state index contributed by atoms with van der Waals surface area (Å²) in [7, 11) is 0. The van der Waals surface area contributed by atoms with E-state index in [4.69, 9.17) is 11.6 Å². The second kappa shape index (κ2) is 4.71. The Morgan fingerprint density at radius 3 is 3.06 bits per heavy atom. The van der Waals surface area contributed by atoms with Crippen LogP contribution in [-0.2, 0) is 11.3 Å². The Bertz CT molecular complexity index is 564. The standard InChI is InChI=1S/C11H13ClN4O/c1-3-9(17)14-6-8-10(12)15-7(2)16-5-4-13-11(8)16/h4-5H,3,6H2,1-2H3,(H,14,17). The predicted molar refractivity (Wildman–Crippen MR) is 64.9 cm³/mol. The third-order valence-electron chi connectivity index (χ3n) is 2.55. The number of hydrogen-bond donors (Lipinski definition) is 1. The molecule has 0 bridgehead atoms. The zero-order valence-corrected chi connectivity index (χ0v) is 10.5. The Hall–Kier alpha value is -1.62. The summed E-state index contributed by atoms with van der Waals surface area (Å²) in [4.78, 5) is 19.7. The SMILES string of the molecule is CCC(=O)NCc1c(Cl)nc(C)n2ccnc12. The van der Waals surface area contributed by atoms with Crippen molar-refractivity contribution in [1.29, 1.82) is 0 Å². The number of fused-ring (bicyclic) bond motifs is 1. The van der Waals surface area contributed by atoms with Gasteiger partial charge in [-0.3, -0.25) is 9.20 Å². The van der Waals surface area contributed by atoms with E-state index in [9.17, 15) is 4.79 Å². The third kappa shape index (κ3) is 2.24. The molecule has 0 unspecified atom stereocenters. The maximum absolute atomic E-state index is 11.2. The molecule has 90 valence electrons. The van der Waals surface area contributed by atoms with Crippen LogP contribution in [0.5, 0.6) is 0 Å². The topological polar surface area (TPSA) is 59.3 Å². The van der Waals surface area contributed by atoms with Crippen molar-refractivity contribution < 1.29 is 4.79 Å². The molecule has 0 saturated carbocycles. The van der Waals surface area contributed by atoms with Crippen LogP contribution in [0.25, 0.3) is 5.65 Å². The second-order valence-electron chi connectivity index (χ2n) is 3.68. The first kappa shape index (κ1) is 11.9. The van der Waals surface area contributed by atoms with E-state index >= 15 is 0 Å². The number of carbonyl (C=O) groups is 1. The largest absolute Gasteiger partial charge is 0.352 e. The molecule has 0 atom stereocenters. The smallest absolute Gasteiger partial charge is 0.219 e. The Labute approximate surface area is 104 Å². The average Bonchev–Trinajstić information content (AvgIpc) is 2.77. The van der Waals surface area contributed by atoms with Gasteiger partial charge in [0, 0.05) is 25.4 Å². The number of halogens is 1. The van der Waals surface area contributed by atoms with Crippen molar-refractivity contribution >= 4 is 23.2 Å². The first-order valence-electron chi connectivity index (χ1n) is 5.38. The van der Waals surface area contributed by atoms with Crippen LogP contribution < -0.4 is 5.32 Å². The van der Waals surface area contributed by atoms with Crippen LogP contribution in [0.3, 0.4) is 0 Å². The maximum atomic E-state index is 11.2. The fourth-order valence-corrected chi connectivity index (χ4v) is 1.88. The molecule has 2 rings (SSSR count). The van der Waals surface area contributed by atoms with E-state index in [2.05, 4.69) is 15.3 Å². The summed E-state index contributed by atoms with van der Waals surface area (Å²) in [5.41, 5.74) is 1.47. The summed E-state index contributed by atoms with van der Waals surface area (Å²) in [5, 5.41) is 3.16. The van der Waals surface area contributed by atoms with Gasteiger partial charge < -0.3 is 5.32 Å². The Kier molecular flexibility index (Phi) is 3.28. The summed E-state index contributed by atoms with van der Waals surface area (Å²) in [6.07, 6.45) is 3.95. The minimum atomic E-state index is -0.0219. The lowest BCUT2D eigenvalue weighted by Crippen LogP contribution is -2.22. The molecule has 1 amide bonds. The van der Waals surface area contributed by atoms with E-state index in [0.717, 1.165) is 17.0 Å². The number of amides is 1. The van der Waals surface area contributed by atoms with Crippen LogP contribution >= 0.6 is 11.6 Å². The molecule has 6 heteroatoms. The molecule has 0 saturated heterocycles. The van der Waals surface area contributed by atoms with Gasteiger partial charge in [0.2, 0.25) is 5.91 Å². The van der Waals surface area contributed by atoms with Gasteiger partial charge in [-0.25, -0.2) is 9.97 Å². The highest BCUT2D eigenvalue weighted by Crippen LogP contribution is 2.19. The van der Waals surface area contributed by atoms with Gasteiger partial charge in [0.1, 0.15) is 16.6 Å². The summed E-state index contributed by atoms with van der Waals surface area (Å²) >= 11 is 6.08. The molecule has 0 fully saturated rings. The number of aromatic nitrogens is 3. The molecule has 1 N–H and O–H groups in total. The third-order valence-corrected chi connectivity index (χ3v) is 2.86. The minimum absolute atomic E-state index is 0.0219. The van der Waals surface area contributed by atoms with Crippen LogP contribution in [0, 0.1) is 6.92 Å². The highest BCUT2D eigenvalue weighted by molar-refractivity contribution is 6.30. The molecule has 0 aliphatic heterocycles. The van der Waals surface area contributed by atoms with Gasteiger partial charge in [-0.15, -0.1) is 0 Å². The van der Waals surface area contributed by atoms with Crippen LogP contribution in [0.2, 0.25) is 5.15 Å². The van der Waals surface area contributed by atoms with Gasteiger partial charge in [-0.05, 0) is 6.92 Å². The Balaban J connectivity index is 2.39. The van der Waals surface area contributed by atoms with E-state index in [1.807, 2.05) is 17.5 Å². The van der Waals surface area contributed by atoms with E-state index in [1.54, 1.807) is 13.1 Å². The Morgan fingerprint density at radius 1 is 1.59 bits per heavy atom. The van der Waals surface area contributed by atoms with Crippen molar-refractivity contribution in [3.8, 4) is 0 Å². The number of carbonyl (C=O) groups excluding carboxylic acids is 1. The molecule has 0 aliphatic carbocycles. The number of nitrogens with zero attached hydrogens (tertiary/aromatic N) is 3. The molecule has 5 nitrogen and oxygen atoms in total. The van der Waals surface area contributed by atoms with E-state index in [-0.39, 0.29) is 5.91 Å². The van der Waals surface area contributed by atoms with Crippen molar-refractivity contribution in [3.05, 3.63) is 28.9 Å². The summed E-state index contributed by atoms with van der Waals surface area (Å²) in [6, 6.07) is 0. The molecule has 2 aromatic rings. The lowest BCUT2D eigenvalue weighted by molar-refractivity contribution is -0.120. The van der Waals surface area contributed by atoms with Crippen LogP contribution in [0.4, 0.5) is 0 Å². The van der Waals surface area contributed by atoms with Crippen molar-refractivity contribution in [2.45, 2.75) is 26.8 Å². The maximum Gasteiger partial charge on any atom is 0.219 e. The van der Waals surface area contributed by atoms with Crippen molar-refractivity contribution in [3.63, 3.8) is 0 Å². The normalized spacial score (nSPS) is 10.8. The van der Waals surface area contributed by atoms with Gasteiger partial charge >= 0.3 is 0 Å². The van der Waals surface area contributed by atoms with Crippen molar-refractivity contribution in [1.82, 2.24) is 19.7 Å². The fourth-order valence-electron chi connectivity index (χ4n) is 1.61. The molecular formula is C11H13ClN4O. The number of rotatable bonds is 3. The molecule has 0 radical (unpaired) electrons. The molecular weight excluding hydrogens is 240 g/mol. The van der Waals surface area contributed by atoms with Crippen LogP contribution in [0.15, 0.2) is 12.4 Å². The predicted octanol–water partition coefficient (Wildman–Crippen LogP) is 1.72. The first-order valence-corrected chi connectivity index (χ1v) is 5.76. The molecule has 17 heavy (non-hydrogen) atoms. The van der Waals surface area contributed by atoms with Crippen molar-refractivity contribution in [2.24, 2.45) is 0 Å². The van der Waals surface area contributed by atoms with Gasteiger partial charge in [-0.2, -0.15) is 0 Å².